The van der Waals surface area contributed by atoms with Gasteiger partial charge in [0.1, 0.15) is 5.82 Å². The summed E-state index contributed by atoms with van der Waals surface area (Å²) in [5.74, 6) is 0.706. The molecule has 0 aliphatic rings. The van der Waals surface area contributed by atoms with Crippen molar-refractivity contribution < 1.29 is 0 Å². The Morgan fingerprint density at radius 3 is 2.75 bits per heavy atom. The quantitative estimate of drug-likeness (QED) is 0.715. The third kappa shape index (κ3) is 2.20. The number of benzene rings is 1. The lowest BCUT2D eigenvalue weighted by atomic mass is 10.1. The summed E-state index contributed by atoms with van der Waals surface area (Å²) in [5.41, 5.74) is 2.65. The highest BCUT2D eigenvalue weighted by Crippen LogP contribution is 2.11. The summed E-state index contributed by atoms with van der Waals surface area (Å²) in [6.07, 6.45) is 1.73. The number of hydrogen-bond acceptors (Lipinski definition) is 3. The molecule has 0 aliphatic carbocycles. The van der Waals surface area contributed by atoms with Crippen molar-refractivity contribution in [1.82, 2.24) is 14.5 Å². The Labute approximate surface area is 116 Å². The predicted octanol–water partition coefficient (Wildman–Crippen LogP) is 2.46. The molecule has 3 aromatic rings. The molecular weight excluding hydrogens is 250 g/mol. The number of fused-ring (bicyclic) bond motifs is 1. The van der Waals surface area contributed by atoms with Crippen LogP contribution in [0.15, 0.2) is 47.4 Å². The number of rotatable bonds is 2. The van der Waals surface area contributed by atoms with Crippen LogP contribution in [-0.4, -0.2) is 14.5 Å². The van der Waals surface area contributed by atoms with Crippen LogP contribution in [0.3, 0.4) is 0 Å². The van der Waals surface area contributed by atoms with Gasteiger partial charge < -0.3 is 0 Å². The van der Waals surface area contributed by atoms with Crippen LogP contribution < -0.4 is 5.56 Å². The molecule has 0 unspecified atom stereocenters. The van der Waals surface area contributed by atoms with Gasteiger partial charge in [0.05, 0.1) is 23.1 Å². The zero-order chi connectivity index (χ0) is 14.1. The molecule has 100 valence electrons. The molecule has 2 aromatic heterocycles. The second-order valence-electron chi connectivity index (χ2n) is 4.89. The van der Waals surface area contributed by atoms with E-state index in [0.29, 0.717) is 17.8 Å². The molecular formula is C16H15N3O. The monoisotopic (exact) mass is 265 g/mol. The molecule has 0 atom stereocenters. The van der Waals surface area contributed by atoms with Crippen LogP contribution in [0.4, 0.5) is 0 Å². The average Bonchev–Trinajstić information content (AvgIpc) is 2.46. The van der Waals surface area contributed by atoms with Gasteiger partial charge in [0, 0.05) is 6.20 Å². The summed E-state index contributed by atoms with van der Waals surface area (Å²) in [6.45, 7) is 4.27. The molecule has 3 rings (SSSR count). The number of nitrogens with zero attached hydrogens (tertiary/aromatic N) is 3. The van der Waals surface area contributed by atoms with Gasteiger partial charge in [-0.05, 0) is 38.1 Å². The van der Waals surface area contributed by atoms with E-state index in [1.165, 1.54) is 0 Å². The largest absolute Gasteiger partial charge is 0.290 e. The van der Waals surface area contributed by atoms with Crippen molar-refractivity contribution >= 4 is 10.9 Å². The molecule has 0 aliphatic heterocycles. The lowest BCUT2D eigenvalue weighted by Gasteiger charge is -2.10. The second-order valence-corrected chi connectivity index (χ2v) is 4.89. The van der Waals surface area contributed by atoms with E-state index in [1.54, 1.807) is 10.8 Å². The maximum atomic E-state index is 12.6. The van der Waals surface area contributed by atoms with Crippen LogP contribution in [0.2, 0.25) is 0 Å². The normalized spacial score (nSPS) is 10.9. The minimum atomic E-state index is -0.0122. The first-order valence-corrected chi connectivity index (χ1v) is 6.53. The van der Waals surface area contributed by atoms with Gasteiger partial charge in [-0.3, -0.25) is 14.3 Å². The van der Waals surface area contributed by atoms with Crippen molar-refractivity contribution in [3.8, 4) is 0 Å². The fourth-order valence-electron chi connectivity index (χ4n) is 2.29. The SMILES string of the molecule is Cc1ccc2nc(C)n(Cc3ccccn3)c(=O)c2c1. The van der Waals surface area contributed by atoms with Gasteiger partial charge in [-0.2, -0.15) is 0 Å². The molecule has 0 bridgehead atoms. The van der Waals surface area contributed by atoms with Crippen molar-refractivity contribution in [2.75, 3.05) is 0 Å². The first-order chi connectivity index (χ1) is 9.65. The topological polar surface area (TPSA) is 47.8 Å². The maximum absolute atomic E-state index is 12.6. The Hall–Kier alpha value is -2.49. The van der Waals surface area contributed by atoms with E-state index in [0.717, 1.165) is 16.8 Å². The van der Waals surface area contributed by atoms with Crippen molar-refractivity contribution in [3.63, 3.8) is 0 Å². The Bertz CT molecular complexity index is 822. The smallest absolute Gasteiger partial charge is 0.261 e. The molecule has 4 nitrogen and oxygen atoms in total. The van der Waals surface area contributed by atoms with Gasteiger partial charge in [-0.1, -0.05) is 17.7 Å². The third-order valence-corrected chi connectivity index (χ3v) is 3.35. The standard InChI is InChI=1S/C16H15N3O/c1-11-6-7-15-14(9-11)16(20)19(12(2)18-15)10-13-5-3-4-8-17-13/h3-9H,10H2,1-2H3. The fourth-order valence-corrected chi connectivity index (χ4v) is 2.29. The highest BCUT2D eigenvalue weighted by molar-refractivity contribution is 5.78. The zero-order valence-corrected chi connectivity index (χ0v) is 11.5. The van der Waals surface area contributed by atoms with Crippen molar-refractivity contribution in [3.05, 3.63) is 70.0 Å². The van der Waals surface area contributed by atoms with Crippen LogP contribution in [0, 0.1) is 13.8 Å². The fraction of sp³-hybridized carbons (Fsp3) is 0.188. The summed E-state index contributed by atoms with van der Waals surface area (Å²) in [7, 11) is 0. The molecule has 0 fully saturated rings. The average molecular weight is 265 g/mol. The first-order valence-electron chi connectivity index (χ1n) is 6.53. The molecule has 4 heteroatoms. The van der Waals surface area contributed by atoms with E-state index in [-0.39, 0.29) is 5.56 Å². The molecule has 0 saturated carbocycles. The van der Waals surface area contributed by atoms with Gasteiger partial charge in [0.25, 0.3) is 5.56 Å². The Kier molecular flexibility index (Phi) is 3.06. The molecule has 0 spiro atoms. The lowest BCUT2D eigenvalue weighted by molar-refractivity contribution is 0.697. The summed E-state index contributed by atoms with van der Waals surface area (Å²) >= 11 is 0. The number of aryl methyl sites for hydroxylation is 2. The van der Waals surface area contributed by atoms with Gasteiger partial charge in [0.15, 0.2) is 0 Å². The predicted molar refractivity (Wildman–Crippen MR) is 78.8 cm³/mol. The second kappa shape index (κ2) is 4.89. The molecule has 2 heterocycles. The Balaban J connectivity index is 2.18. The zero-order valence-electron chi connectivity index (χ0n) is 11.5. The van der Waals surface area contributed by atoms with E-state index in [1.807, 2.05) is 50.2 Å². The van der Waals surface area contributed by atoms with Crippen LogP contribution in [0.1, 0.15) is 17.1 Å². The molecule has 0 saturated heterocycles. The lowest BCUT2D eigenvalue weighted by Crippen LogP contribution is -2.24. The molecule has 0 amide bonds. The summed E-state index contributed by atoms with van der Waals surface area (Å²) in [4.78, 5) is 21.4. The van der Waals surface area contributed by atoms with E-state index in [9.17, 15) is 4.79 Å². The Morgan fingerprint density at radius 1 is 1.15 bits per heavy atom. The van der Waals surface area contributed by atoms with Gasteiger partial charge >= 0.3 is 0 Å². The van der Waals surface area contributed by atoms with E-state index in [2.05, 4.69) is 9.97 Å². The summed E-state index contributed by atoms with van der Waals surface area (Å²) in [6, 6.07) is 11.4. The van der Waals surface area contributed by atoms with Crippen LogP contribution in [0.5, 0.6) is 0 Å². The van der Waals surface area contributed by atoms with Crippen LogP contribution >= 0.6 is 0 Å². The van der Waals surface area contributed by atoms with Gasteiger partial charge in [-0.15, -0.1) is 0 Å². The minimum absolute atomic E-state index is 0.0122. The summed E-state index contributed by atoms with van der Waals surface area (Å²) < 4.78 is 1.67. The van der Waals surface area contributed by atoms with Gasteiger partial charge in [-0.25, -0.2) is 4.98 Å². The van der Waals surface area contributed by atoms with Crippen molar-refractivity contribution in [1.29, 1.82) is 0 Å². The minimum Gasteiger partial charge on any atom is -0.290 e. The highest BCUT2D eigenvalue weighted by atomic mass is 16.1. The maximum Gasteiger partial charge on any atom is 0.261 e. The van der Waals surface area contributed by atoms with Crippen LogP contribution in [-0.2, 0) is 6.54 Å². The number of pyridine rings is 1. The first kappa shape index (κ1) is 12.5. The van der Waals surface area contributed by atoms with E-state index >= 15 is 0 Å². The van der Waals surface area contributed by atoms with Crippen LogP contribution in [0.25, 0.3) is 10.9 Å². The molecule has 0 radical (unpaired) electrons. The summed E-state index contributed by atoms with van der Waals surface area (Å²) in [5, 5.41) is 0.659. The van der Waals surface area contributed by atoms with E-state index in [4.69, 9.17) is 0 Å². The number of aromatic nitrogens is 3. The van der Waals surface area contributed by atoms with Gasteiger partial charge in [0.2, 0.25) is 0 Å². The number of hydrogen-bond donors (Lipinski definition) is 0. The molecule has 0 N–H and O–H groups in total. The highest BCUT2D eigenvalue weighted by Gasteiger charge is 2.09. The molecule has 1 aromatic carbocycles. The van der Waals surface area contributed by atoms with Crippen molar-refractivity contribution in [2.24, 2.45) is 0 Å². The van der Waals surface area contributed by atoms with Crippen molar-refractivity contribution in [2.45, 2.75) is 20.4 Å². The molecule has 20 heavy (non-hydrogen) atoms. The van der Waals surface area contributed by atoms with E-state index < -0.39 is 0 Å². The Morgan fingerprint density at radius 2 is 2.00 bits per heavy atom. The third-order valence-electron chi connectivity index (χ3n) is 3.35.